The van der Waals surface area contributed by atoms with Gasteiger partial charge in [0, 0.05) is 23.8 Å². The fourth-order valence-corrected chi connectivity index (χ4v) is 2.08. The minimum absolute atomic E-state index is 1.05. The number of anilines is 1. The Labute approximate surface area is 90.3 Å². The van der Waals surface area contributed by atoms with Crippen LogP contribution in [0.1, 0.15) is 16.8 Å². The molecule has 0 radical (unpaired) electrons. The van der Waals surface area contributed by atoms with Gasteiger partial charge >= 0.3 is 0 Å². The van der Waals surface area contributed by atoms with Gasteiger partial charge < -0.3 is 5.32 Å². The molecule has 0 aliphatic rings. The Kier molecular flexibility index (Phi) is 2.35. The molecule has 0 atom stereocenters. The first-order valence-electron chi connectivity index (χ1n) is 5.18. The summed E-state index contributed by atoms with van der Waals surface area (Å²) in [5, 5.41) is 4.46. The second kappa shape index (κ2) is 3.54. The van der Waals surface area contributed by atoms with Gasteiger partial charge in [0.15, 0.2) is 0 Å². The number of aryl methyl sites for hydroxylation is 3. The van der Waals surface area contributed by atoms with Crippen molar-refractivity contribution in [2.24, 2.45) is 0 Å². The fourth-order valence-electron chi connectivity index (χ4n) is 2.08. The Balaban J connectivity index is 2.90. The Morgan fingerprint density at radius 2 is 1.80 bits per heavy atom. The van der Waals surface area contributed by atoms with Crippen LogP contribution in [0.2, 0.25) is 0 Å². The number of pyridine rings is 1. The summed E-state index contributed by atoms with van der Waals surface area (Å²) in [6.45, 7) is 6.26. The van der Waals surface area contributed by atoms with E-state index in [9.17, 15) is 0 Å². The van der Waals surface area contributed by atoms with Gasteiger partial charge in [0.25, 0.3) is 0 Å². The summed E-state index contributed by atoms with van der Waals surface area (Å²) in [5.74, 6) is 0. The van der Waals surface area contributed by atoms with Crippen molar-refractivity contribution in [3.63, 3.8) is 0 Å². The Morgan fingerprint density at radius 1 is 1.07 bits per heavy atom. The van der Waals surface area contributed by atoms with Gasteiger partial charge in [-0.1, -0.05) is 6.07 Å². The third-order valence-electron chi connectivity index (χ3n) is 2.65. The quantitative estimate of drug-likeness (QED) is 0.764. The number of aromatic nitrogens is 1. The van der Waals surface area contributed by atoms with Crippen LogP contribution in [0.25, 0.3) is 10.9 Å². The highest BCUT2D eigenvalue weighted by Gasteiger charge is 2.05. The molecule has 15 heavy (non-hydrogen) atoms. The van der Waals surface area contributed by atoms with Crippen molar-refractivity contribution in [2.75, 3.05) is 12.4 Å². The molecule has 78 valence electrons. The van der Waals surface area contributed by atoms with Crippen molar-refractivity contribution in [1.29, 1.82) is 0 Å². The number of fused-ring (bicyclic) bond motifs is 1. The summed E-state index contributed by atoms with van der Waals surface area (Å²) in [7, 11) is 1.95. The molecule has 0 bridgehead atoms. The fraction of sp³-hybridized carbons (Fsp3) is 0.308. The topological polar surface area (TPSA) is 24.9 Å². The summed E-state index contributed by atoms with van der Waals surface area (Å²) in [6.07, 6.45) is 0. The van der Waals surface area contributed by atoms with Gasteiger partial charge in [-0.2, -0.15) is 0 Å². The molecule has 2 heteroatoms. The minimum Gasteiger partial charge on any atom is -0.388 e. The van der Waals surface area contributed by atoms with Gasteiger partial charge in [-0.25, -0.2) is 0 Å². The summed E-state index contributed by atoms with van der Waals surface area (Å²) in [4.78, 5) is 4.57. The van der Waals surface area contributed by atoms with E-state index in [1.807, 2.05) is 14.0 Å². The van der Waals surface area contributed by atoms with Gasteiger partial charge in [-0.05, 0) is 44.0 Å². The van der Waals surface area contributed by atoms with E-state index < -0.39 is 0 Å². The maximum absolute atomic E-state index is 4.57. The third-order valence-corrected chi connectivity index (χ3v) is 2.65. The van der Waals surface area contributed by atoms with Crippen molar-refractivity contribution in [1.82, 2.24) is 4.98 Å². The van der Waals surface area contributed by atoms with Crippen molar-refractivity contribution in [3.05, 3.63) is 35.0 Å². The zero-order chi connectivity index (χ0) is 11.0. The standard InChI is InChI=1S/C13H16N2/c1-8-5-9(2)13-11(14-4)7-10(3)15-12(13)6-8/h5-7H,1-4H3,(H,14,15). The van der Waals surface area contributed by atoms with Crippen LogP contribution in [0.15, 0.2) is 18.2 Å². The molecule has 0 unspecified atom stereocenters. The summed E-state index contributed by atoms with van der Waals surface area (Å²) in [5.41, 5.74) is 5.84. The molecule has 0 spiro atoms. The molecule has 2 aromatic rings. The number of hydrogen-bond donors (Lipinski definition) is 1. The van der Waals surface area contributed by atoms with Crippen LogP contribution in [-0.2, 0) is 0 Å². The number of rotatable bonds is 1. The van der Waals surface area contributed by atoms with Crippen LogP contribution in [-0.4, -0.2) is 12.0 Å². The van der Waals surface area contributed by atoms with E-state index in [1.54, 1.807) is 0 Å². The lowest BCUT2D eigenvalue weighted by Crippen LogP contribution is -1.95. The van der Waals surface area contributed by atoms with Gasteiger partial charge in [-0.3, -0.25) is 4.98 Å². The van der Waals surface area contributed by atoms with Crippen molar-refractivity contribution < 1.29 is 0 Å². The summed E-state index contributed by atoms with van der Waals surface area (Å²) in [6, 6.07) is 6.42. The van der Waals surface area contributed by atoms with Gasteiger partial charge in [0.05, 0.1) is 5.52 Å². The molecule has 1 heterocycles. The third kappa shape index (κ3) is 1.67. The Morgan fingerprint density at radius 3 is 2.47 bits per heavy atom. The first kappa shape index (κ1) is 9.97. The van der Waals surface area contributed by atoms with E-state index in [1.165, 1.54) is 16.5 Å². The van der Waals surface area contributed by atoms with Gasteiger partial charge in [-0.15, -0.1) is 0 Å². The highest BCUT2D eigenvalue weighted by Crippen LogP contribution is 2.27. The number of hydrogen-bond acceptors (Lipinski definition) is 2. The molecule has 1 N–H and O–H groups in total. The lowest BCUT2D eigenvalue weighted by molar-refractivity contribution is 1.24. The minimum atomic E-state index is 1.05. The largest absolute Gasteiger partial charge is 0.388 e. The molecule has 0 saturated heterocycles. The first-order valence-corrected chi connectivity index (χ1v) is 5.18. The second-order valence-corrected chi connectivity index (χ2v) is 4.04. The molecule has 0 saturated carbocycles. The maximum atomic E-state index is 4.57. The van der Waals surface area contributed by atoms with Crippen LogP contribution in [0, 0.1) is 20.8 Å². The van der Waals surface area contributed by atoms with Crippen LogP contribution >= 0.6 is 0 Å². The molecule has 0 aliphatic carbocycles. The molecule has 2 nitrogen and oxygen atoms in total. The van der Waals surface area contributed by atoms with Crippen molar-refractivity contribution in [3.8, 4) is 0 Å². The molecule has 2 rings (SSSR count). The lowest BCUT2D eigenvalue weighted by Gasteiger charge is -2.10. The van der Waals surface area contributed by atoms with Crippen LogP contribution in [0.4, 0.5) is 5.69 Å². The van der Waals surface area contributed by atoms with E-state index in [2.05, 4.69) is 42.3 Å². The first-order chi connectivity index (χ1) is 7.11. The average Bonchev–Trinajstić information content (AvgIpc) is 2.14. The predicted molar refractivity (Wildman–Crippen MR) is 65.5 cm³/mol. The predicted octanol–water partition coefficient (Wildman–Crippen LogP) is 3.20. The number of benzene rings is 1. The second-order valence-electron chi connectivity index (χ2n) is 4.04. The summed E-state index contributed by atoms with van der Waals surface area (Å²) < 4.78 is 0. The Hall–Kier alpha value is -1.57. The summed E-state index contributed by atoms with van der Waals surface area (Å²) >= 11 is 0. The van der Waals surface area contributed by atoms with Crippen LogP contribution < -0.4 is 5.32 Å². The SMILES string of the molecule is CNc1cc(C)nc2cc(C)cc(C)c12. The molecule has 0 amide bonds. The molecular formula is C13H16N2. The smallest absolute Gasteiger partial charge is 0.0731 e. The van der Waals surface area contributed by atoms with Gasteiger partial charge in [0.2, 0.25) is 0 Å². The highest BCUT2D eigenvalue weighted by atomic mass is 14.8. The van der Waals surface area contributed by atoms with Gasteiger partial charge in [0.1, 0.15) is 0 Å². The molecule has 1 aromatic carbocycles. The Bertz CT molecular complexity index is 510. The van der Waals surface area contributed by atoms with Crippen LogP contribution in [0.3, 0.4) is 0 Å². The van der Waals surface area contributed by atoms with E-state index in [4.69, 9.17) is 0 Å². The normalized spacial score (nSPS) is 10.7. The average molecular weight is 200 g/mol. The van der Waals surface area contributed by atoms with Crippen LogP contribution in [0.5, 0.6) is 0 Å². The zero-order valence-electron chi connectivity index (χ0n) is 9.68. The van der Waals surface area contributed by atoms with Crippen molar-refractivity contribution >= 4 is 16.6 Å². The van der Waals surface area contributed by atoms with E-state index >= 15 is 0 Å². The molecule has 0 aliphatic heterocycles. The number of nitrogens with one attached hydrogen (secondary N) is 1. The monoisotopic (exact) mass is 200 g/mol. The van der Waals surface area contributed by atoms with E-state index in [-0.39, 0.29) is 0 Å². The zero-order valence-corrected chi connectivity index (χ0v) is 9.68. The molecule has 0 fully saturated rings. The lowest BCUT2D eigenvalue weighted by atomic mass is 10.0. The maximum Gasteiger partial charge on any atom is 0.0731 e. The van der Waals surface area contributed by atoms with E-state index in [0.717, 1.165) is 16.9 Å². The van der Waals surface area contributed by atoms with Crippen molar-refractivity contribution in [2.45, 2.75) is 20.8 Å². The molecular weight excluding hydrogens is 184 g/mol. The molecule has 1 aromatic heterocycles. The number of nitrogens with zero attached hydrogens (tertiary/aromatic N) is 1. The van der Waals surface area contributed by atoms with E-state index in [0.29, 0.717) is 0 Å². The highest BCUT2D eigenvalue weighted by molar-refractivity contribution is 5.94.